The van der Waals surface area contributed by atoms with Gasteiger partial charge in [-0.1, -0.05) is 11.1 Å². The van der Waals surface area contributed by atoms with E-state index in [1.54, 1.807) is 54.2 Å². The van der Waals surface area contributed by atoms with Crippen molar-refractivity contribution >= 4 is 0 Å². The summed E-state index contributed by atoms with van der Waals surface area (Å²) in [6, 6.07) is 8.47. The first-order valence-electron chi connectivity index (χ1n) is 10.3. The Morgan fingerprint density at radius 2 is 1.88 bits per heavy atom. The van der Waals surface area contributed by atoms with E-state index in [9.17, 15) is 10.2 Å². The molecule has 2 atom stereocenters. The zero-order valence-corrected chi connectivity index (χ0v) is 17.8. The maximum Gasteiger partial charge on any atom is 0.210 e. The van der Waals surface area contributed by atoms with Crippen molar-refractivity contribution in [1.82, 2.24) is 14.7 Å². The second-order valence-corrected chi connectivity index (χ2v) is 7.33. The number of aliphatic hydroxyl groups excluding tert-OH is 4. The highest BCUT2D eigenvalue weighted by Crippen LogP contribution is 2.25. The van der Waals surface area contributed by atoms with E-state index < -0.39 is 6.10 Å². The maximum atomic E-state index is 9.94. The molecular formula is C23H27N3O6. The molecular weight excluding hydrogens is 414 g/mol. The number of ether oxygens (including phenoxy) is 1. The van der Waals surface area contributed by atoms with Gasteiger partial charge in [-0.2, -0.15) is 0 Å². The van der Waals surface area contributed by atoms with Gasteiger partial charge in [0.2, 0.25) is 5.76 Å². The molecule has 0 aliphatic heterocycles. The van der Waals surface area contributed by atoms with Crippen LogP contribution in [0.2, 0.25) is 0 Å². The minimum Gasteiger partial charge on any atom is -0.493 e. The monoisotopic (exact) mass is 441 g/mol. The van der Waals surface area contributed by atoms with Gasteiger partial charge in [0.1, 0.15) is 23.4 Å². The molecule has 1 unspecified atom stereocenters. The topological polar surface area (TPSA) is 134 Å². The van der Waals surface area contributed by atoms with Crippen LogP contribution in [0, 0.1) is 17.8 Å². The molecule has 0 saturated carbocycles. The molecule has 0 amide bonds. The fourth-order valence-corrected chi connectivity index (χ4v) is 3.11. The number of imidazole rings is 1. The molecule has 2 aromatic heterocycles. The molecule has 0 aliphatic carbocycles. The van der Waals surface area contributed by atoms with Crippen molar-refractivity contribution in [3.8, 4) is 17.6 Å². The molecule has 0 bridgehead atoms. The van der Waals surface area contributed by atoms with Crippen LogP contribution in [0.3, 0.4) is 0 Å². The fourth-order valence-electron chi connectivity index (χ4n) is 3.11. The zero-order chi connectivity index (χ0) is 22.9. The molecule has 0 saturated heterocycles. The molecule has 32 heavy (non-hydrogen) atoms. The van der Waals surface area contributed by atoms with Gasteiger partial charge < -0.3 is 34.3 Å². The Bertz CT molecular complexity index is 1030. The average molecular weight is 441 g/mol. The summed E-state index contributed by atoms with van der Waals surface area (Å²) in [6.07, 6.45) is 2.94. The zero-order valence-electron chi connectivity index (χ0n) is 17.8. The molecule has 0 aliphatic rings. The summed E-state index contributed by atoms with van der Waals surface area (Å²) in [5.41, 5.74) is 1.32. The molecule has 0 spiro atoms. The van der Waals surface area contributed by atoms with Gasteiger partial charge in [0.05, 0.1) is 25.9 Å². The van der Waals surface area contributed by atoms with E-state index in [1.807, 2.05) is 0 Å². The van der Waals surface area contributed by atoms with Crippen LogP contribution >= 0.6 is 0 Å². The molecule has 4 N–H and O–H groups in total. The second kappa shape index (κ2) is 11.5. The average Bonchev–Trinajstić information content (AvgIpc) is 3.47. The molecule has 3 rings (SSSR count). The Balaban J connectivity index is 1.70. The molecule has 3 aromatic rings. The Hall–Kier alpha value is -3.16. The van der Waals surface area contributed by atoms with Crippen molar-refractivity contribution in [2.75, 3.05) is 26.4 Å². The van der Waals surface area contributed by atoms with Crippen molar-refractivity contribution in [3.63, 3.8) is 0 Å². The van der Waals surface area contributed by atoms with E-state index >= 15 is 0 Å². The van der Waals surface area contributed by atoms with Gasteiger partial charge in [0.15, 0.2) is 0 Å². The number of nitrogens with zero attached hydrogens (tertiary/aromatic N) is 3. The number of hydrogen-bond acceptors (Lipinski definition) is 8. The predicted octanol–water partition coefficient (Wildman–Crippen LogP) is 1.28. The van der Waals surface area contributed by atoms with Gasteiger partial charge in [-0.25, -0.2) is 4.98 Å². The first-order valence-corrected chi connectivity index (χ1v) is 10.3. The lowest BCUT2D eigenvalue weighted by Crippen LogP contribution is -2.19. The normalized spacial score (nSPS) is 12.9. The summed E-state index contributed by atoms with van der Waals surface area (Å²) in [6.45, 7) is 1.50. The van der Waals surface area contributed by atoms with Crippen molar-refractivity contribution in [3.05, 3.63) is 65.6 Å². The fraction of sp³-hybridized carbons (Fsp3) is 0.391. The highest BCUT2D eigenvalue weighted by Gasteiger charge is 2.22. The summed E-state index contributed by atoms with van der Waals surface area (Å²) in [5, 5.41) is 41.7. The highest BCUT2D eigenvalue weighted by molar-refractivity contribution is 5.42. The Kier molecular flexibility index (Phi) is 8.41. The first-order chi connectivity index (χ1) is 15.5. The largest absolute Gasteiger partial charge is 0.493 e. The second-order valence-electron chi connectivity index (χ2n) is 7.33. The van der Waals surface area contributed by atoms with Gasteiger partial charge in [0, 0.05) is 36.5 Å². The van der Waals surface area contributed by atoms with Crippen LogP contribution < -0.4 is 4.74 Å². The van der Waals surface area contributed by atoms with Gasteiger partial charge in [-0.05, 0) is 43.5 Å². The number of aliphatic hydroxyl groups is 4. The third kappa shape index (κ3) is 5.96. The lowest BCUT2D eigenvalue weighted by atomic mass is 10.1. The van der Waals surface area contributed by atoms with E-state index in [-0.39, 0.29) is 38.4 Å². The van der Waals surface area contributed by atoms with Crippen LogP contribution in [-0.2, 0) is 0 Å². The SMILES string of the molecule is C[C@H](O)c1nccn1C(CCO)c1cc(C#Cc2ccc(OCC(CO)CO)cc2)on1. The van der Waals surface area contributed by atoms with Gasteiger partial charge in [-0.15, -0.1) is 0 Å². The van der Waals surface area contributed by atoms with Crippen molar-refractivity contribution in [1.29, 1.82) is 0 Å². The smallest absolute Gasteiger partial charge is 0.210 e. The third-order valence-electron chi connectivity index (χ3n) is 4.87. The van der Waals surface area contributed by atoms with Crippen LogP contribution in [-0.4, -0.2) is 61.6 Å². The van der Waals surface area contributed by atoms with E-state index in [0.717, 1.165) is 5.56 Å². The van der Waals surface area contributed by atoms with E-state index in [1.165, 1.54) is 0 Å². The summed E-state index contributed by atoms with van der Waals surface area (Å²) in [5.74, 6) is 7.07. The first kappa shape index (κ1) is 23.5. The number of benzene rings is 1. The maximum absolute atomic E-state index is 9.94. The van der Waals surface area contributed by atoms with E-state index in [2.05, 4.69) is 22.0 Å². The van der Waals surface area contributed by atoms with E-state index in [0.29, 0.717) is 29.4 Å². The number of rotatable bonds is 10. The van der Waals surface area contributed by atoms with Crippen LogP contribution in [0.15, 0.2) is 47.2 Å². The standard InChI is InChI=1S/C23H27N3O6/c1-16(30)23-24-9-10-26(23)22(8-11-27)21-12-20(32-25-21)7-4-17-2-5-19(6-3-17)31-15-18(13-28)14-29/h2-3,5-6,9-10,12,16,18,22,27-30H,8,11,13-15H2,1H3/t16-,22?/m0/s1. The number of aromatic nitrogens is 3. The molecule has 2 heterocycles. The molecule has 9 heteroatoms. The molecule has 170 valence electrons. The lowest BCUT2D eigenvalue weighted by molar-refractivity contribution is 0.106. The van der Waals surface area contributed by atoms with Crippen LogP contribution in [0.1, 0.15) is 48.3 Å². The Morgan fingerprint density at radius 3 is 2.53 bits per heavy atom. The summed E-state index contributed by atoms with van der Waals surface area (Å²) in [7, 11) is 0. The van der Waals surface area contributed by atoms with Crippen LogP contribution in [0.4, 0.5) is 0 Å². The molecule has 0 fully saturated rings. The third-order valence-corrected chi connectivity index (χ3v) is 4.87. The lowest BCUT2D eigenvalue weighted by Gasteiger charge is -2.18. The van der Waals surface area contributed by atoms with Crippen molar-refractivity contribution in [2.45, 2.75) is 25.5 Å². The quantitative estimate of drug-likeness (QED) is 0.346. The van der Waals surface area contributed by atoms with Crippen LogP contribution in [0.5, 0.6) is 5.75 Å². The summed E-state index contributed by atoms with van der Waals surface area (Å²) < 4.78 is 12.7. The van der Waals surface area contributed by atoms with Crippen molar-refractivity contribution in [2.24, 2.45) is 5.92 Å². The summed E-state index contributed by atoms with van der Waals surface area (Å²) >= 11 is 0. The van der Waals surface area contributed by atoms with Gasteiger partial charge in [0.25, 0.3) is 0 Å². The van der Waals surface area contributed by atoms with Gasteiger partial charge in [-0.3, -0.25) is 0 Å². The number of hydrogen-bond donors (Lipinski definition) is 4. The Morgan fingerprint density at radius 1 is 1.12 bits per heavy atom. The van der Waals surface area contributed by atoms with Crippen LogP contribution in [0.25, 0.3) is 0 Å². The van der Waals surface area contributed by atoms with Crippen molar-refractivity contribution < 1.29 is 29.7 Å². The molecule has 9 nitrogen and oxygen atoms in total. The molecule has 0 radical (unpaired) electrons. The van der Waals surface area contributed by atoms with E-state index in [4.69, 9.17) is 19.5 Å². The van der Waals surface area contributed by atoms with Gasteiger partial charge >= 0.3 is 0 Å². The Labute approximate surface area is 185 Å². The predicted molar refractivity (Wildman–Crippen MR) is 115 cm³/mol. The highest BCUT2D eigenvalue weighted by atomic mass is 16.5. The minimum absolute atomic E-state index is 0.0677. The minimum atomic E-state index is -0.762. The molecule has 1 aromatic carbocycles. The summed E-state index contributed by atoms with van der Waals surface area (Å²) in [4.78, 5) is 4.18.